The van der Waals surface area contributed by atoms with Crippen molar-refractivity contribution in [2.45, 2.75) is 20.5 Å². The molecule has 3 aromatic heterocycles. The molecule has 4 aromatic rings. The number of hydrogen-bond acceptors (Lipinski definition) is 6. The van der Waals surface area contributed by atoms with E-state index in [0.29, 0.717) is 22.4 Å². The van der Waals surface area contributed by atoms with Crippen LogP contribution in [0.3, 0.4) is 0 Å². The van der Waals surface area contributed by atoms with E-state index in [1.165, 1.54) is 6.92 Å². The van der Waals surface area contributed by atoms with E-state index in [-0.39, 0.29) is 17.0 Å². The second-order valence-electron chi connectivity index (χ2n) is 6.58. The number of carbonyl (C=O) groups excluding carboxylic acids is 1. The second-order valence-corrected chi connectivity index (χ2v) is 6.58. The van der Waals surface area contributed by atoms with Crippen LogP contribution in [0.4, 0.5) is 14.5 Å². The number of alkyl halides is 2. The van der Waals surface area contributed by atoms with Gasteiger partial charge in [0.25, 0.3) is 11.8 Å². The third kappa shape index (κ3) is 3.47. The molecule has 0 saturated carbocycles. The van der Waals surface area contributed by atoms with Gasteiger partial charge < -0.3 is 14.6 Å². The van der Waals surface area contributed by atoms with Gasteiger partial charge in [-0.25, -0.2) is 4.98 Å². The van der Waals surface area contributed by atoms with Gasteiger partial charge in [-0.1, -0.05) is 30.3 Å². The van der Waals surface area contributed by atoms with Crippen molar-refractivity contribution >= 4 is 22.6 Å². The molecule has 0 fully saturated rings. The summed E-state index contributed by atoms with van der Waals surface area (Å²) in [6, 6.07) is 11.0. The molecule has 1 N–H and O–H groups in total. The van der Waals surface area contributed by atoms with Crippen LogP contribution in [0, 0.1) is 13.8 Å². The molecular formula is C20H17F2N5O3. The Kier molecular flexibility index (Phi) is 4.90. The molecule has 30 heavy (non-hydrogen) atoms. The molecule has 0 spiro atoms. The fourth-order valence-electron chi connectivity index (χ4n) is 3.22. The predicted octanol–water partition coefficient (Wildman–Crippen LogP) is 4.09. The van der Waals surface area contributed by atoms with E-state index >= 15 is 0 Å². The zero-order valence-corrected chi connectivity index (χ0v) is 16.3. The predicted molar refractivity (Wildman–Crippen MR) is 105 cm³/mol. The van der Waals surface area contributed by atoms with Crippen LogP contribution in [-0.2, 0) is 7.05 Å². The summed E-state index contributed by atoms with van der Waals surface area (Å²) in [5, 5.41) is 10.9. The molecular weight excluding hydrogens is 396 g/mol. The van der Waals surface area contributed by atoms with Gasteiger partial charge in [-0.05, 0) is 25.1 Å². The van der Waals surface area contributed by atoms with Crippen molar-refractivity contribution in [3.63, 3.8) is 0 Å². The Morgan fingerprint density at radius 2 is 1.97 bits per heavy atom. The average Bonchev–Trinajstić information content (AvgIpc) is 3.20. The zero-order valence-electron chi connectivity index (χ0n) is 16.3. The number of carbonyl (C=O) groups is 1. The molecule has 154 valence electrons. The molecule has 1 aromatic carbocycles. The smallest absolute Gasteiger partial charge is 0.388 e. The van der Waals surface area contributed by atoms with E-state index < -0.39 is 18.4 Å². The SMILES string of the molecule is Cc1onc(OC(F)F)c1NC(=O)c1cc(-c2ccccc2)nc2c1c(C)nn2C. The largest absolute Gasteiger partial charge is 0.412 e. The Labute approximate surface area is 169 Å². The van der Waals surface area contributed by atoms with E-state index in [2.05, 4.69) is 25.3 Å². The van der Waals surface area contributed by atoms with Gasteiger partial charge in [0.2, 0.25) is 0 Å². The van der Waals surface area contributed by atoms with Gasteiger partial charge in [0.1, 0.15) is 5.69 Å². The molecule has 0 radical (unpaired) electrons. The van der Waals surface area contributed by atoms with Crippen LogP contribution in [0.2, 0.25) is 0 Å². The summed E-state index contributed by atoms with van der Waals surface area (Å²) in [5.41, 5.74) is 2.74. The van der Waals surface area contributed by atoms with E-state index in [4.69, 9.17) is 4.52 Å². The van der Waals surface area contributed by atoms with Crippen molar-refractivity contribution in [1.29, 1.82) is 0 Å². The van der Waals surface area contributed by atoms with E-state index in [0.717, 1.165) is 5.56 Å². The van der Waals surface area contributed by atoms with Crippen molar-refractivity contribution in [2.75, 3.05) is 5.32 Å². The maximum absolute atomic E-state index is 13.2. The lowest BCUT2D eigenvalue weighted by Gasteiger charge is -2.10. The van der Waals surface area contributed by atoms with Crippen molar-refractivity contribution < 1.29 is 22.8 Å². The monoisotopic (exact) mass is 413 g/mol. The Morgan fingerprint density at radius 3 is 2.67 bits per heavy atom. The molecule has 0 aliphatic rings. The first-order valence-electron chi connectivity index (χ1n) is 8.97. The Hall–Kier alpha value is -3.82. The summed E-state index contributed by atoms with van der Waals surface area (Å²) in [6.07, 6.45) is 0. The highest BCUT2D eigenvalue weighted by Gasteiger charge is 2.24. The highest BCUT2D eigenvalue weighted by molar-refractivity contribution is 6.13. The summed E-state index contributed by atoms with van der Waals surface area (Å²) in [6.45, 7) is 0.135. The molecule has 0 aliphatic carbocycles. The second kappa shape index (κ2) is 7.54. The molecule has 0 bridgehead atoms. The molecule has 0 atom stereocenters. The van der Waals surface area contributed by atoms with Gasteiger partial charge in [0, 0.05) is 12.6 Å². The number of benzene rings is 1. The lowest BCUT2D eigenvalue weighted by Crippen LogP contribution is -2.15. The number of pyridine rings is 1. The summed E-state index contributed by atoms with van der Waals surface area (Å²) >= 11 is 0. The number of hydrogen-bond donors (Lipinski definition) is 1. The van der Waals surface area contributed by atoms with Crippen molar-refractivity contribution in [2.24, 2.45) is 7.05 Å². The van der Waals surface area contributed by atoms with Gasteiger partial charge in [-0.15, -0.1) is 0 Å². The van der Waals surface area contributed by atoms with Crippen molar-refractivity contribution in [1.82, 2.24) is 19.9 Å². The maximum atomic E-state index is 13.2. The van der Waals surface area contributed by atoms with Crippen LogP contribution in [0.5, 0.6) is 5.88 Å². The number of nitrogens with one attached hydrogen (secondary N) is 1. The van der Waals surface area contributed by atoms with Gasteiger partial charge in [-0.2, -0.15) is 13.9 Å². The maximum Gasteiger partial charge on any atom is 0.388 e. The normalized spacial score (nSPS) is 11.3. The number of rotatable bonds is 5. The summed E-state index contributed by atoms with van der Waals surface area (Å²) in [7, 11) is 1.73. The van der Waals surface area contributed by atoms with Gasteiger partial charge >= 0.3 is 6.61 Å². The quantitative estimate of drug-likeness (QED) is 0.529. The van der Waals surface area contributed by atoms with Gasteiger partial charge in [0.05, 0.1) is 22.3 Å². The number of anilines is 1. The third-order valence-electron chi connectivity index (χ3n) is 4.55. The van der Waals surface area contributed by atoms with Crippen LogP contribution in [0.15, 0.2) is 40.9 Å². The summed E-state index contributed by atoms with van der Waals surface area (Å²) in [4.78, 5) is 17.8. The van der Waals surface area contributed by atoms with Crippen LogP contribution < -0.4 is 10.1 Å². The van der Waals surface area contributed by atoms with Crippen LogP contribution in [0.1, 0.15) is 21.8 Å². The number of halogens is 2. The van der Waals surface area contributed by atoms with Gasteiger partial charge in [0.15, 0.2) is 11.4 Å². The fourth-order valence-corrected chi connectivity index (χ4v) is 3.22. The average molecular weight is 413 g/mol. The zero-order chi connectivity index (χ0) is 21.4. The molecule has 0 saturated heterocycles. The summed E-state index contributed by atoms with van der Waals surface area (Å²) in [5.74, 6) is -0.913. The number of ether oxygens (including phenoxy) is 1. The van der Waals surface area contributed by atoms with E-state index in [1.54, 1.807) is 24.7 Å². The molecule has 3 heterocycles. The van der Waals surface area contributed by atoms with Crippen LogP contribution in [-0.4, -0.2) is 32.4 Å². The molecule has 1 amide bonds. The van der Waals surface area contributed by atoms with E-state index in [1.807, 2.05) is 30.3 Å². The Morgan fingerprint density at radius 1 is 1.23 bits per heavy atom. The van der Waals surface area contributed by atoms with E-state index in [9.17, 15) is 13.6 Å². The van der Waals surface area contributed by atoms with Crippen LogP contribution >= 0.6 is 0 Å². The number of aryl methyl sites for hydroxylation is 3. The Balaban J connectivity index is 1.82. The van der Waals surface area contributed by atoms with Crippen LogP contribution in [0.25, 0.3) is 22.3 Å². The first kappa shape index (κ1) is 19.5. The minimum absolute atomic E-state index is 0.0620. The molecule has 4 rings (SSSR count). The minimum atomic E-state index is -3.11. The molecule has 10 heteroatoms. The highest BCUT2D eigenvalue weighted by Crippen LogP contribution is 2.31. The minimum Gasteiger partial charge on any atom is -0.412 e. The third-order valence-corrected chi connectivity index (χ3v) is 4.55. The van der Waals surface area contributed by atoms with Crippen molar-refractivity contribution in [3.8, 4) is 17.1 Å². The standard InChI is InChI=1S/C20H17F2N5O3/c1-10-15-13(18(28)24-16-11(2)30-26-19(16)29-20(21)22)9-14(12-7-5-4-6-8-12)23-17(15)27(3)25-10/h4-9,20H,1-3H3,(H,24,28). The number of aromatic nitrogens is 4. The van der Waals surface area contributed by atoms with Gasteiger partial charge in [-0.3, -0.25) is 9.48 Å². The molecule has 0 aliphatic heterocycles. The fraction of sp³-hybridized carbons (Fsp3) is 0.200. The first-order valence-corrected chi connectivity index (χ1v) is 8.97. The number of nitrogens with zero attached hydrogens (tertiary/aromatic N) is 4. The first-order chi connectivity index (χ1) is 14.3. The Bertz CT molecular complexity index is 1230. The number of fused-ring (bicyclic) bond motifs is 1. The molecule has 8 nitrogen and oxygen atoms in total. The number of amides is 1. The van der Waals surface area contributed by atoms with Crippen molar-refractivity contribution in [3.05, 3.63) is 53.4 Å². The lowest BCUT2D eigenvalue weighted by atomic mass is 10.0. The molecule has 0 unspecified atom stereocenters. The highest BCUT2D eigenvalue weighted by atomic mass is 19.3. The lowest BCUT2D eigenvalue weighted by molar-refractivity contribution is -0.0541. The summed E-state index contributed by atoms with van der Waals surface area (Å²) < 4.78 is 36.1. The topological polar surface area (TPSA) is 95.1 Å².